The fraction of sp³-hybridized carbons (Fsp3) is 0.292. The number of allylic oxidation sites excluding steroid dienone is 1. The number of rotatable bonds is 8. The average molecular weight is 405 g/mol. The molecule has 0 bridgehead atoms. The summed E-state index contributed by atoms with van der Waals surface area (Å²) in [6.45, 7) is 9.72. The molecule has 30 heavy (non-hydrogen) atoms. The summed E-state index contributed by atoms with van der Waals surface area (Å²) in [4.78, 5) is 12.1. The molecule has 0 amide bonds. The molecule has 0 spiro atoms. The molecule has 6 nitrogen and oxygen atoms in total. The summed E-state index contributed by atoms with van der Waals surface area (Å²) in [5, 5.41) is 8.57. The molecule has 1 aromatic heterocycles. The fourth-order valence-electron chi connectivity index (χ4n) is 2.97. The molecule has 0 N–H and O–H groups in total. The van der Waals surface area contributed by atoms with Gasteiger partial charge in [0.1, 0.15) is 17.0 Å². The first-order valence-electron chi connectivity index (χ1n) is 9.87. The first kappa shape index (κ1) is 21.3. The minimum absolute atomic E-state index is 0.177. The summed E-state index contributed by atoms with van der Waals surface area (Å²) in [5.74, 6) is 0.136. The number of esters is 1. The van der Waals surface area contributed by atoms with Crippen LogP contribution in [-0.4, -0.2) is 33.2 Å². The Balaban J connectivity index is 1.82. The third kappa shape index (κ3) is 6.04. The van der Waals surface area contributed by atoms with E-state index in [1.54, 1.807) is 4.68 Å². The van der Waals surface area contributed by atoms with Crippen LogP contribution < -0.4 is 4.74 Å². The van der Waals surface area contributed by atoms with Crippen molar-refractivity contribution in [3.63, 3.8) is 0 Å². The molecular formula is C24H27N3O3. The van der Waals surface area contributed by atoms with Crippen molar-refractivity contribution >= 4 is 5.97 Å². The Morgan fingerprint density at radius 3 is 2.60 bits per heavy atom. The zero-order valence-corrected chi connectivity index (χ0v) is 17.7. The molecular weight excluding hydrogens is 378 g/mol. The molecule has 0 radical (unpaired) electrons. The lowest BCUT2D eigenvalue weighted by atomic mass is 10.1. The zero-order valence-electron chi connectivity index (χ0n) is 17.7. The SMILES string of the molecule is C=CCc1ccc(OCC(=O)OC(C)(C)C)c(-c2cn(Cc3ccccc3)nn2)c1. The molecule has 0 aliphatic carbocycles. The molecule has 0 aliphatic rings. The Bertz CT molecular complexity index is 1000. The van der Waals surface area contributed by atoms with Crippen LogP contribution in [0.15, 0.2) is 67.4 Å². The Kier molecular flexibility index (Phi) is 6.67. The monoisotopic (exact) mass is 405 g/mol. The van der Waals surface area contributed by atoms with E-state index in [0.29, 0.717) is 18.0 Å². The fourth-order valence-corrected chi connectivity index (χ4v) is 2.97. The molecule has 3 rings (SSSR count). The van der Waals surface area contributed by atoms with Crippen LogP contribution in [0, 0.1) is 0 Å². The second-order valence-corrected chi connectivity index (χ2v) is 7.99. The van der Waals surface area contributed by atoms with Gasteiger partial charge in [-0.2, -0.15) is 0 Å². The number of hydrogen-bond donors (Lipinski definition) is 0. The molecule has 156 valence electrons. The van der Waals surface area contributed by atoms with E-state index in [0.717, 1.165) is 23.1 Å². The van der Waals surface area contributed by atoms with E-state index in [4.69, 9.17) is 9.47 Å². The van der Waals surface area contributed by atoms with Crippen LogP contribution in [0.4, 0.5) is 0 Å². The van der Waals surface area contributed by atoms with Gasteiger partial charge in [0.2, 0.25) is 0 Å². The lowest BCUT2D eigenvalue weighted by Gasteiger charge is -2.19. The van der Waals surface area contributed by atoms with Crippen molar-refractivity contribution in [1.29, 1.82) is 0 Å². The van der Waals surface area contributed by atoms with Crippen LogP contribution in [0.5, 0.6) is 5.75 Å². The Hall–Kier alpha value is -3.41. The van der Waals surface area contributed by atoms with E-state index in [-0.39, 0.29) is 6.61 Å². The Morgan fingerprint density at radius 2 is 1.90 bits per heavy atom. The van der Waals surface area contributed by atoms with Crippen molar-refractivity contribution in [2.24, 2.45) is 0 Å². The molecule has 3 aromatic rings. The third-order valence-corrected chi connectivity index (χ3v) is 4.19. The van der Waals surface area contributed by atoms with Gasteiger partial charge in [0.25, 0.3) is 0 Å². The van der Waals surface area contributed by atoms with Crippen molar-refractivity contribution in [3.8, 4) is 17.0 Å². The molecule has 0 saturated carbocycles. The van der Waals surface area contributed by atoms with E-state index in [9.17, 15) is 4.79 Å². The molecule has 6 heteroatoms. The van der Waals surface area contributed by atoms with Crippen LogP contribution in [-0.2, 0) is 22.5 Å². The standard InChI is InChI=1S/C24H27N3O3/c1-5-9-18-12-13-22(29-17-23(28)30-24(2,3)4)20(14-18)21-16-27(26-25-21)15-19-10-7-6-8-11-19/h5-8,10-14,16H,1,9,15,17H2,2-4H3. The summed E-state index contributed by atoms with van der Waals surface area (Å²) in [6, 6.07) is 15.8. The quantitative estimate of drug-likeness (QED) is 0.409. The molecule has 0 atom stereocenters. The molecule has 0 aliphatic heterocycles. The van der Waals surface area contributed by atoms with Crippen molar-refractivity contribution in [2.45, 2.75) is 39.3 Å². The predicted octanol–water partition coefficient (Wildman–Crippen LogP) is 4.44. The predicted molar refractivity (Wildman–Crippen MR) is 116 cm³/mol. The number of benzene rings is 2. The summed E-state index contributed by atoms with van der Waals surface area (Å²) in [6.07, 6.45) is 4.43. The van der Waals surface area contributed by atoms with E-state index < -0.39 is 11.6 Å². The van der Waals surface area contributed by atoms with Gasteiger partial charge >= 0.3 is 5.97 Å². The zero-order chi connectivity index (χ0) is 21.6. The van der Waals surface area contributed by atoms with Gasteiger partial charge in [0, 0.05) is 5.56 Å². The molecule has 1 heterocycles. The Labute approximate surface area is 177 Å². The lowest BCUT2D eigenvalue weighted by molar-refractivity contribution is -0.157. The van der Waals surface area contributed by atoms with Gasteiger partial charge < -0.3 is 9.47 Å². The van der Waals surface area contributed by atoms with Gasteiger partial charge in [-0.1, -0.05) is 47.7 Å². The molecule has 0 unspecified atom stereocenters. The van der Waals surface area contributed by atoms with Crippen LogP contribution in [0.1, 0.15) is 31.9 Å². The van der Waals surface area contributed by atoms with Crippen molar-refractivity contribution < 1.29 is 14.3 Å². The second kappa shape index (κ2) is 9.39. The highest BCUT2D eigenvalue weighted by molar-refractivity contribution is 5.73. The first-order chi connectivity index (χ1) is 14.3. The number of carbonyl (C=O) groups excluding carboxylic acids is 1. The summed E-state index contributed by atoms with van der Waals surface area (Å²) in [7, 11) is 0. The van der Waals surface area contributed by atoms with Gasteiger partial charge in [0.05, 0.1) is 12.7 Å². The smallest absolute Gasteiger partial charge is 0.344 e. The lowest BCUT2D eigenvalue weighted by Crippen LogP contribution is -2.27. The largest absolute Gasteiger partial charge is 0.481 e. The van der Waals surface area contributed by atoms with Gasteiger partial charge in [-0.05, 0) is 50.5 Å². The number of carbonyl (C=O) groups is 1. The van der Waals surface area contributed by atoms with Crippen molar-refractivity contribution in [1.82, 2.24) is 15.0 Å². The van der Waals surface area contributed by atoms with E-state index >= 15 is 0 Å². The van der Waals surface area contributed by atoms with Crippen LogP contribution in [0.3, 0.4) is 0 Å². The topological polar surface area (TPSA) is 66.2 Å². The molecule has 2 aromatic carbocycles. The summed E-state index contributed by atoms with van der Waals surface area (Å²) >= 11 is 0. The third-order valence-electron chi connectivity index (χ3n) is 4.19. The Morgan fingerprint density at radius 1 is 1.13 bits per heavy atom. The average Bonchev–Trinajstić information content (AvgIpc) is 3.15. The normalized spacial score (nSPS) is 11.2. The van der Waals surface area contributed by atoms with Crippen LogP contribution in [0.2, 0.25) is 0 Å². The highest BCUT2D eigenvalue weighted by Gasteiger charge is 2.18. The van der Waals surface area contributed by atoms with E-state index in [2.05, 4.69) is 16.9 Å². The van der Waals surface area contributed by atoms with Crippen LogP contribution >= 0.6 is 0 Å². The van der Waals surface area contributed by atoms with E-state index in [1.807, 2.05) is 81.6 Å². The minimum atomic E-state index is -0.558. The number of aromatic nitrogens is 3. The summed E-state index contributed by atoms with van der Waals surface area (Å²) in [5.41, 5.74) is 3.10. The van der Waals surface area contributed by atoms with E-state index in [1.165, 1.54) is 0 Å². The number of ether oxygens (including phenoxy) is 2. The van der Waals surface area contributed by atoms with Gasteiger partial charge in [0.15, 0.2) is 6.61 Å². The summed E-state index contributed by atoms with van der Waals surface area (Å²) < 4.78 is 12.9. The molecule has 0 saturated heterocycles. The maximum atomic E-state index is 12.1. The highest BCUT2D eigenvalue weighted by Crippen LogP contribution is 2.30. The second-order valence-electron chi connectivity index (χ2n) is 7.99. The van der Waals surface area contributed by atoms with Crippen molar-refractivity contribution in [2.75, 3.05) is 6.61 Å². The van der Waals surface area contributed by atoms with Gasteiger partial charge in [-0.15, -0.1) is 11.7 Å². The number of nitrogens with zero attached hydrogens (tertiary/aromatic N) is 3. The highest BCUT2D eigenvalue weighted by atomic mass is 16.6. The van der Waals surface area contributed by atoms with Crippen LogP contribution in [0.25, 0.3) is 11.3 Å². The maximum absolute atomic E-state index is 12.1. The van der Waals surface area contributed by atoms with Gasteiger partial charge in [-0.3, -0.25) is 0 Å². The van der Waals surface area contributed by atoms with Crippen molar-refractivity contribution in [3.05, 3.63) is 78.5 Å². The first-order valence-corrected chi connectivity index (χ1v) is 9.87. The van der Waals surface area contributed by atoms with Gasteiger partial charge in [-0.25, -0.2) is 9.48 Å². The minimum Gasteiger partial charge on any atom is -0.481 e. The number of hydrogen-bond acceptors (Lipinski definition) is 5. The maximum Gasteiger partial charge on any atom is 0.344 e. The molecule has 0 fully saturated rings.